The maximum atomic E-state index is 12.2. The van der Waals surface area contributed by atoms with Gasteiger partial charge < -0.3 is 0 Å². The first-order valence-electron chi connectivity index (χ1n) is 7.95. The fraction of sp³-hybridized carbons (Fsp3) is 0.312. The van der Waals surface area contributed by atoms with E-state index in [2.05, 4.69) is 27.1 Å². The van der Waals surface area contributed by atoms with Crippen LogP contribution in [0.4, 0.5) is 5.13 Å². The number of fused-ring (bicyclic) bond motifs is 2. The van der Waals surface area contributed by atoms with Crippen molar-refractivity contribution in [3.63, 3.8) is 0 Å². The number of nitrogens with zero attached hydrogens (tertiary/aromatic N) is 4. The standard InChI is InChI=1S/C16H16ClN5OS2/c1-2-21-6-5-10-12(9-21)25-15(18-10)19-13(23)4-3-11-14(17)20-16-22(11)7-8-24-16/h3-4,7-8H,2,5-6,9H2,1H3,(H,18,19,23)/b4-3+. The number of hydrogen-bond acceptors (Lipinski definition) is 6. The average Bonchev–Trinajstić information content (AvgIpc) is 3.26. The molecule has 0 unspecified atom stereocenters. The van der Waals surface area contributed by atoms with E-state index in [0.717, 1.165) is 36.7 Å². The summed E-state index contributed by atoms with van der Waals surface area (Å²) in [6.45, 7) is 5.13. The second kappa shape index (κ2) is 6.87. The van der Waals surface area contributed by atoms with Gasteiger partial charge in [-0.3, -0.25) is 19.4 Å². The van der Waals surface area contributed by atoms with Gasteiger partial charge in [0, 0.05) is 42.0 Å². The van der Waals surface area contributed by atoms with Gasteiger partial charge >= 0.3 is 0 Å². The minimum absolute atomic E-state index is 0.223. The average molecular weight is 394 g/mol. The van der Waals surface area contributed by atoms with E-state index in [4.69, 9.17) is 11.6 Å². The first-order chi connectivity index (χ1) is 12.1. The Morgan fingerprint density at radius 2 is 2.36 bits per heavy atom. The van der Waals surface area contributed by atoms with Crippen LogP contribution >= 0.6 is 34.3 Å². The Morgan fingerprint density at radius 3 is 3.20 bits per heavy atom. The summed E-state index contributed by atoms with van der Waals surface area (Å²) in [4.78, 5) is 25.4. The predicted octanol–water partition coefficient (Wildman–Crippen LogP) is 3.54. The lowest BCUT2D eigenvalue weighted by molar-refractivity contribution is -0.111. The zero-order valence-electron chi connectivity index (χ0n) is 13.5. The molecule has 0 aromatic carbocycles. The monoisotopic (exact) mass is 393 g/mol. The van der Waals surface area contributed by atoms with Crippen LogP contribution in [0.1, 0.15) is 23.2 Å². The number of thiazole rings is 2. The molecule has 0 saturated carbocycles. The van der Waals surface area contributed by atoms with Crippen LogP contribution in [-0.4, -0.2) is 38.3 Å². The minimum Gasteiger partial charge on any atom is -0.298 e. The Morgan fingerprint density at radius 1 is 1.48 bits per heavy atom. The zero-order valence-corrected chi connectivity index (χ0v) is 15.9. The molecule has 0 bridgehead atoms. The molecule has 4 heterocycles. The van der Waals surface area contributed by atoms with Crippen LogP contribution in [0.2, 0.25) is 5.15 Å². The van der Waals surface area contributed by atoms with Gasteiger partial charge in [0.15, 0.2) is 15.2 Å². The number of aromatic nitrogens is 3. The molecule has 0 atom stereocenters. The molecule has 1 aliphatic rings. The summed E-state index contributed by atoms with van der Waals surface area (Å²) < 4.78 is 1.86. The molecule has 1 amide bonds. The highest BCUT2D eigenvalue weighted by atomic mass is 35.5. The fourth-order valence-electron chi connectivity index (χ4n) is 2.80. The fourth-order valence-corrected chi connectivity index (χ4v) is 4.86. The number of nitrogens with one attached hydrogen (secondary N) is 1. The van der Waals surface area contributed by atoms with Gasteiger partial charge in [0.2, 0.25) is 5.91 Å². The van der Waals surface area contributed by atoms with Crippen LogP contribution in [0.3, 0.4) is 0 Å². The number of amides is 1. The van der Waals surface area contributed by atoms with Crippen molar-refractivity contribution in [2.45, 2.75) is 19.9 Å². The van der Waals surface area contributed by atoms with E-state index in [-0.39, 0.29) is 5.91 Å². The van der Waals surface area contributed by atoms with Gasteiger partial charge in [-0.15, -0.1) is 22.7 Å². The molecule has 25 heavy (non-hydrogen) atoms. The molecule has 9 heteroatoms. The number of carbonyl (C=O) groups is 1. The van der Waals surface area contributed by atoms with E-state index in [9.17, 15) is 4.79 Å². The third-order valence-corrected chi connectivity index (χ3v) is 6.17. The van der Waals surface area contributed by atoms with Crippen molar-refractivity contribution < 1.29 is 4.79 Å². The van der Waals surface area contributed by atoms with Gasteiger partial charge in [-0.1, -0.05) is 18.5 Å². The molecule has 0 spiro atoms. The molecule has 1 aliphatic heterocycles. The summed E-state index contributed by atoms with van der Waals surface area (Å²) in [5, 5.41) is 5.81. The van der Waals surface area contributed by atoms with Gasteiger partial charge in [-0.05, 0) is 12.6 Å². The first kappa shape index (κ1) is 16.7. The highest BCUT2D eigenvalue weighted by molar-refractivity contribution is 7.16. The van der Waals surface area contributed by atoms with E-state index >= 15 is 0 Å². The van der Waals surface area contributed by atoms with Crippen molar-refractivity contribution in [2.75, 3.05) is 18.4 Å². The first-order valence-corrected chi connectivity index (χ1v) is 10.0. The minimum atomic E-state index is -0.223. The van der Waals surface area contributed by atoms with Crippen molar-refractivity contribution in [3.05, 3.63) is 39.1 Å². The number of imidazole rings is 1. The van der Waals surface area contributed by atoms with Crippen molar-refractivity contribution in [1.29, 1.82) is 0 Å². The van der Waals surface area contributed by atoms with Crippen molar-refractivity contribution >= 4 is 56.4 Å². The molecule has 0 fully saturated rings. The van der Waals surface area contributed by atoms with Crippen LogP contribution in [0.5, 0.6) is 0 Å². The van der Waals surface area contributed by atoms with E-state index < -0.39 is 0 Å². The lowest BCUT2D eigenvalue weighted by atomic mass is 10.2. The molecule has 130 valence electrons. The third kappa shape index (κ3) is 3.35. The van der Waals surface area contributed by atoms with E-state index in [1.807, 2.05) is 16.0 Å². The van der Waals surface area contributed by atoms with Gasteiger partial charge in [-0.25, -0.2) is 9.97 Å². The molecule has 3 aromatic heterocycles. The maximum Gasteiger partial charge on any atom is 0.250 e. The maximum absolute atomic E-state index is 12.2. The summed E-state index contributed by atoms with van der Waals surface area (Å²) >= 11 is 9.18. The molecule has 3 aromatic rings. The smallest absolute Gasteiger partial charge is 0.250 e. The van der Waals surface area contributed by atoms with Crippen LogP contribution in [0.25, 0.3) is 11.0 Å². The van der Waals surface area contributed by atoms with Crippen molar-refractivity contribution in [1.82, 2.24) is 19.3 Å². The number of hydrogen-bond donors (Lipinski definition) is 1. The van der Waals surface area contributed by atoms with E-state index in [1.165, 1.54) is 22.3 Å². The topological polar surface area (TPSA) is 62.5 Å². The van der Waals surface area contributed by atoms with Gasteiger partial charge in [0.25, 0.3) is 0 Å². The molecule has 0 radical (unpaired) electrons. The van der Waals surface area contributed by atoms with Gasteiger partial charge in [-0.2, -0.15) is 0 Å². The Kier molecular flexibility index (Phi) is 4.60. The summed E-state index contributed by atoms with van der Waals surface area (Å²) in [6.07, 6.45) is 5.96. The van der Waals surface area contributed by atoms with Crippen molar-refractivity contribution in [3.8, 4) is 0 Å². The van der Waals surface area contributed by atoms with Crippen LogP contribution in [0, 0.1) is 0 Å². The lowest BCUT2D eigenvalue weighted by Gasteiger charge is -2.23. The molecule has 0 aliphatic carbocycles. The SMILES string of the molecule is CCN1CCc2nc(NC(=O)/C=C/c3c(Cl)nc4sccn34)sc2C1. The number of rotatable bonds is 4. The lowest BCUT2D eigenvalue weighted by Crippen LogP contribution is -2.29. The highest BCUT2D eigenvalue weighted by Crippen LogP contribution is 2.28. The Bertz CT molecular complexity index is 957. The van der Waals surface area contributed by atoms with Crippen molar-refractivity contribution in [2.24, 2.45) is 0 Å². The van der Waals surface area contributed by atoms with Crippen LogP contribution in [-0.2, 0) is 17.8 Å². The second-order valence-electron chi connectivity index (χ2n) is 5.67. The number of carbonyl (C=O) groups excluding carboxylic acids is 1. The Balaban J connectivity index is 1.47. The normalized spacial score (nSPS) is 15.1. The molecule has 0 saturated heterocycles. The molecule has 6 nitrogen and oxygen atoms in total. The molecular formula is C16H16ClN5OS2. The zero-order chi connectivity index (χ0) is 17.4. The van der Waals surface area contributed by atoms with E-state index in [1.54, 1.807) is 17.4 Å². The Labute approximate surface area is 157 Å². The van der Waals surface area contributed by atoms with Gasteiger partial charge in [0.1, 0.15) is 0 Å². The van der Waals surface area contributed by atoms with Crippen LogP contribution < -0.4 is 5.32 Å². The number of anilines is 1. The molecular weight excluding hydrogens is 378 g/mol. The molecule has 1 N–H and O–H groups in total. The number of halogens is 1. The largest absolute Gasteiger partial charge is 0.298 e. The second-order valence-corrected chi connectivity index (χ2v) is 7.99. The molecule has 4 rings (SSSR count). The summed E-state index contributed by atoms with van der Waals surface area (Å²) in [5.74, 6) is -0.223. The summed E-state index contributed by atoms with van der Waals surface area (Å²) in [5.41, 5.74) is 1.80. The number of likely N-dealkylation sites (N-methyl/N-ethyl adjacent to an activating group) is 1. The highest BCUT2D eigenvalue weighted by Gasteiger charge is 2.20. The van der Waals surface area contributed by atoms with E-state index in [0.29, 0.717) is 16.0 Å². The Hall–Kier alpha value is -1.74. The van der Waals surface area contributed by atoms with Gasteiger partial charge in [0.05, 0.1) is 11.4 Å². The quantitative estimate of drug-likeness (QED) is 0.689. The summed E-state index contributed by atoms with van der Waals surface area (Å²) in [7, 11) is 0. The summed E-state index contributed by atoms with van der Waals surface area (Å²) in [6, 6.07) is 0. The third-order valence-electron chi connectivity index (χ3n) is 4.13. The predicted molar refractivity (Wildman–Crippen MR) is 103 cm³/mol. The van der Waals surface area contributed by atoms with Crippen LogP contribution in [0.15, 0.2) is 17.7 Å².